The van der Waals surface area contributed by atoms with Crippen LogP contribution in [0.1, 0.15) is 29.1 Å². The molecule has 0 spiro atoms. The maximum Gasteiger partial charge on any atom is 0.416 e. The zero-order valence-corrected chi connectivity index (χ0v) is 11.3. The third-order valence-electron chi connectivity index (χ3n) is 2.82. The second kappa shape index (κ2) is 6.46. The van der Waals surface area contributed by atoms with Gasteiger partial charge in [-0.3, -0.25) is 4.79 Å². The van der Waals surface area contributed by atoms with Crippen LogP contribution in [0, 0.1) is 0 Å². The molecule has 22 heavy (non-hydrogen) atoms. The fourth-order valence-electron chi connectivity index (χ4n) is 1.70. The standard InChI is InChI=1S/C15H12F3NO3/c16-15(17,18)11-4-1-10(2-5-11)3-7-13-19-12(9-22-13)6-8-14(20)21/h1-5,7,9H,6,8H2,(H,20,21). The molecule has 116 valence electrons. The molecule has 0 unspecified atom stereocenters. The van der Waals surface area contributed by atoms with E-state index < -0.39 is 17.7 Å². The molecule has 0 amide bonds. The molecule has 1 heterocycles. The van der Waals surface area contributed by atoms with Gasteiger partial charge in [-0.2, -0.15) is 13.2 Å². The maximum absolute atomic E-state index is 12.4. The molecule has 0 aliphatic heterocycles. The van der Waals surface area contributed by atoms with E-state index in [1.54, 1.807) is 6.08 Å². The van der Waals surface area contributed by atoms with Gasteiger partial charge in [-0.25, -0.2) is 4.98 Å². The highest BCUT2D eigenvalue weighted by Crippen LogP contribution is 2.29. The Kier molecular flexibility index (Phi) is 4.65. The molecular formula is C15H12F3NO3. The predicted molar refractivity (Wildman–Crippen MR) is 72.8 cm³/mol. The first-order valence-corrected chi connectivity index (χ1v) is 6.36. The summed E-state index contributed by atoms with van der Waals surface area (Å²) in [6.45, 7) is 0. The first-order valence-electron chi connectivity index (χ1n) is 6.36. The largest absolute Gasteiger partial charge is 0.481 e. The van der Waals surface area contributed by atoms with Crippen LogP contribution in [0.25, 0.3) is 12.2 Å². The Morgan fingerprint density at radius 3 is 2.50 bits per heavy atom. The van der Waals surface area contributed by atoms with Gasteiger partial charge < -0.3 is 9.52 Å². The molecule has 0 saturated heterocycles. The van der Waals surface area contributed by atoms with Crippen LogP contribution in [0.3, 0.4) is 0 Å². The van der Waals surface area contributed by atoms with Crippen molar-refractivity contribution in [1.29, 1.82) is 0 Å². The van der Waals surface area contributed by atoms with E-state index in [0.717, 1.165) is 12.1 Å². The Morgan fingerprint density at radius 2 is 1.91 bits per heavy atom. The van der Waals surface area contributed by atoms with Gasteiger partial charge in [-0.1, -0.05) is 12.1 Å². The van der Waals surface area contributed by atoms with E-state index in [-0.39, 0.29) is 18.7 Å². The van der Waals surface area contributed by atoms with Gasteiger partial charge >= 0.3 is 12.1 Å². The van der Waals surface area contributed by atoms with Crippen LogP contribution in [0.15, 0.2) is 34.9 Å². The minimum Gasteiger partial charge on any atom is -0.481 e. The Labute approximate surface area is 123 Å². The summed E-state index contributed by atoms with van der Waals surface area (Å²) in [6.07, 6.45) is 0.278. The second-order valence-corrected chi connectivity index (χ2v) is 4.52. The fourth-order valence-corrected chi connectivity index (χ4v) is 1.70. The zero-order valence-electron chi connectivity index (χ0n) is 11.3. The molecule has 1 aromatic carbocycles. The summed E-state index contributed by atoms with van der Waals surface area (Å²) in [6, 6.07) is 4.67. The normalized spacial score (nSPS) is 12.0. The van der Waals surface area contributed by atoms with Crippen LogP contribution < -0.4 is 0 Å². The molecule has 0 aliphatic rings. The molecule has 2 rings (SSSR count). The summed E-state index contributed by atoms with van der Waals surface area (Å²) in [4.78, 5) is 14.5. The number of alkyl halides is 3. The van der Waals surface area contributed by atoms with Gasteiger partial charge in [0, 0.05) is 12.5 Å². The van der Waals surface area contributed by atoms with E-state index >= 15 is 0 Å². The molecular weight excluding hydrogens is 299 g/mol. The van der Waals surface area contributed by atoms with E-state index in [9.17, 15) is 18.0 Å². The molecule has 0 saturated carbocycles. The number of carboxylic acids is 1. The number of benzene rings is 1. The van der Waals surface area contributed by atoms with Gasteiger partial charge in [0.2, 0.25) is 5.89 Å². The van der Waals surface area contributed by atoms with E-state index in [0.29, 0.717) is 11.3 Å². The average Bonchev–Trinajstić information content (AvgIpc) is 2.90. The van der Waals surface area contributed by atoms with Gasteiger partial charge in [-0.15, -0.1) is 0 Å². The van der Waals surface area contributed by atoms with Crippen molar-refractivity contribution in [2.75, 3.05) is 0 Å². The highest BCUT2D eigenvalue weighted by Gasteiger charge is 2.29. The number of oxazole rings is 1. The molecule has 2 aromatic rings. The number of nitrogens with zero attached hydrogens (tertiary/aromatic N) is 1. The van der Waals surface area contributed by atoms with Crippen LogP contribution in [0.2, 0.25) is 0 Å². The Morgan fingerprint density at radius 1 is 1.23 bits per heavy atom. The van der Waals surface area contributed by atoms with Gasteiger partial charge in [0.1, 0.15) is 6.26 Å². The molecule has 1 N–H and O–H groups in total. The lowest BCUT2D eigenvalue weighted by molar-refractivity contribution is -0.138. The summed E-state index contributed by atoms with van der Waals surface area (Å²) in [5.74, 6) is -0.662. The molecule has 0 bridgehead atoms. The fraction of sp³-hybridized carbons (Fsp3) is 0.200. The van der Waals surface area contributed by atoms with Crippen molar-refractivity contribution in [3.05, 3.63) is 53.2 Å². The molecule has 0 fully saturated rings. The van der Waals surface area contributed by atoms with Crippen LogP contribution in [-0.4, -0.2) is 16.1 Å². The van der Waals surface area contributed by atoms with Gasteiger partial charge in [0.15, 0.2) is 0 Å². The monoisotopic (exact) mass is 311 g/mol. The minimum atomic E-state index is -4.36. The van der Waals surface area contributed by atoms with Crippen molar-refractivity contribution in [3.8, 4) is 0 Å². The van der Waals surface area contributed by atoms with Gasteiger partial charge in [0.25, 0.3) is 0 Å². The Hall–Kier alpha value is -2.57. The Balaban J connectivity index is 2.01. The van der Waals surface area contributed by atoms with E-state index in [4.69, 9.17) is 9.52 Å². The minimum absolute atomic E-state index is 0.0470. The number of aromatic nitrogens is 1. The third-order valence-corrected chi connectivity index (χ3v) is 2.82. The van der Waals surface area contributed by atoms with Crippen molar-refractivity contribution in [2.24, 2.45) is 0 Å². The van der Waals surface area contributed by atoms with Crippen molar-refractivity contribution in [3.63, 3.8) is 0 Å². The number of carbonyl (C=O) groups is 1. The van der Waals surface area contributed by atoms with E-state index in [2.05, 4.69) is 4.98 Å². The number of hydrogen-bond donors (Lipinski definition) is 1. The first kappa shape index (κ1) is 15.8. The smallest absolute Gasteiger partial charge is 0.416 e. The predicted octanol–water partition coefficient (Wildman–Crippen LogP) is 3.88. The SMILES string of the molecule is O=C(O)CCc1coc(C=Cc2ccc(C(F)(F)F)cc2)n1. The summed E-state index contributed by atoms with van der Waals surface area (Å²) in [5.41, 5.74) is 0.365. The first-order chi connectivity index (χ1) is 10.3. The topological polar surface area (TPSA) is 63.3 Å². The van der Waals surface area contributed by atoms with Crippen LogP contribution >= 0.6 is 0 Å². The van der Waals surface area contributed by atoms with Gasteiger partial charge in [-0.05, 0) is 23.8 Å². The maximum atomic E-state index is 12.4. The number of aliphatic carboxylic acids is 1. The molecule has 7 heteroatoms. The van der Waals surface area contributed by atoms with Crippen LogP contribution in [0.5, 0.6) is 0 Å². The molecule has 0 atom stereocenters. The summed E-state index contributed by atoms with van der Waals surface area (Å²) in [5, 5.41) is 8.56. The highest BCUT2D eigenvalue weighted by atomic mass is 19.4. The molecule has 0 aliphatic carbocycles. The lowest BCUT2D eigenvalue weighted by Gasteiger charge is -2.05. The van der Waals surface area contributed by atoms with Crippen LogP contribution in [0.4, 0.5) is 13.2 Å². The van der Waals surface area contributed by atoms with Crippen molar-refractivity contribution in [1.82, 2.24) is 4.98 Å². The summed E-state index contributed by atoms with van der Waals surface area (Å²) < 4.78 is 42.4. The summed E-state index contributed by atoms with van der Waals surface area (Å²) in [7, 11) is 0. The number of rotatable bonds is 5. The Bertz CT molecular complexity index is 672. The lowest BCUT2D eigenvalue weighted by atomic mass is 10.1. The second-order valence-electron chi connectivity index (χ2n) is 4.52. The molecule has 4 nitrogen and oxygen atoms in total. The summed E-state index contributed by atoms with van der Waals surface area (Å²) >= 11 is 0. The quantitative estimate of drug-likeness (QED) is 0.910. The molecule has 1 aromatic heterocycles. The van der Waals surface area contributed by atoms with E-state index in [1.807, 2.05) is 0 Å². The van der Waals surface area contributed by atoms with E-state index in [1.165, 1.54) is 24.5 Å². The molecule has 0 radical (unpaired) electrons. The third kappa shape index (κ3) is 4.47. The van der Waals surface area contributed by atoms with Crippen LogP contribution in [-0.2, 0) is 17.4 Å². The number of hydrogen-bond acceptors (Lipinski definition) is 3. The van der Waals surface area contributed by atoms with Gasteiger partial charge in [0.05, 0.1) is 17.7 Å². The number of aryl methyl sites for hydroxylation is 1. The number of carboxylic acid groups (broad SMARTS) is 1. The average molecular weight is 311 g/mol. The highest BCUT2D eigenvalue weighted by molar-refractivity contribution is 5.67. The lowest BCUT2D eigenvalue weighted by Crippen LogP contribution is -2.03. The number of halogens is 3. The van der Waals surface area contributed by atoms with Crippen molar-refractivity contribution in [2.45, 2.75) is 19.0 Å². The van der Waals surface area contributed by atoms with Crippen molar-refractivity contribution >= 4 is 18.1 Å². The zero-order chi connectivity index (χ0) is 16.2. The van der Waals surface area contributed by atoms with Crippen molar-refractivity contribution < 1.29 is 27.5 Å².